The zero-order valence-electron chi connectivity index (χ0n) is 19.7. The van der Waals surface area contributed by atoms with Crippen LogP contribution in [-0.2, 0) is 9.59 Å². The van der Waals surface area contributed by atoms with Gasteiger partial charge in [-0.25, -0.2) is 0 Å². The molecule has 0 aliphatic heterocycles. The average Bonchev–Trinajstić information content (AvgIpc) is 3.19. The van der Waals surface area contributed by atoms with E-state index in [-0.39, 0.29) is 17.9 Å². The Bertz CT molecular complexity index is 725. The average molecular weight is 444 g/mol. The predicted molar refractivity (Wildman–Crippen MR) is 126 cm³/mol. The molecule has 3 aliphatic carbocycles. The van der Waals surface area contributed by atoms with Gasteiger partial charge in [0, 0.05) is 38.0 Å². The van der Waals surface area contributed by atoms with E-state index in [0.717, 1.165) is 43.5 Å². The van der Waals surface area contributed by atoms with E-state index in [2.05, 4.69) is 25.7 Å². The summed E-state index contributed by atoms with van der Waals surface area (Å²) in [7, 11) is 0. The standard InChI is InChI=1S/C25H41N5O2/c1-18(31)26-22-12-21(13-22)23-14-24(29-28-23)27-25(32)17-30(15-19-8-4-2-5-9-19)16-20-10-6-3-7-11-20/h14,19-22H,2-13,15-17H2,1H3,(H,26,31)(H2,27,28,29,32)/t21-,22+. The Labute approximate surface area is 192 Å². The molecule has 0 unspecified atom stereocenters. The molecule has 7 heteroatoms. The molecule has 3 aliphatic rings. The Hall–Kier alpha value is -1.89. The third-order valence-electron chi connectivity index (χ3n) is 7.68. The summed E-state index contributed by atoms with van der Waals surface area (Å²) in [6.07, 6.45) is 15.2. The fraction of sp³-hybridized carbons (Fsp3) is 0.800. The first-order valence-corrected chi connectivity index (χ1v) is 12.9. The van der Waals surface area contributed by atoms with Crippen LogP contribution in [0, 0.1) is 11.8 Å². The van der Waals surface area contributed by atoms with Gasteiger partial charge in [-0.3, -0.25) is 19.6 Å². The molecule has 1 heterocycles. The van der Waals surface area contributed by atoms with Crippen LogP contribution < -0.4 is 10.6 Å². The van der Waals surface area contributed by atoms with E-state index >= 15 is 0 Å². The highest BCUT2D eigenvalue weighted by Gasteiger charge is 2.32. The maximum atomic E-state index is 12.9. The highest BCUT2D eigenvalue weighted by atomic mass is 16.2. The van der Waals surface area contributed by atoms with Crippen molar-refractivity contribution in [3.8, 4) is 0 Å². The van der Waals surface area contributed by atoms with E-state index in [9.17, 15) is 9.59 Å². The van der Waals surface area contributed by atoms with Crippen molar-refractivity contribution in [1.29, 1.82) is 0 Å². The molecule has 0 radical (unpaired) electrons. The van der Waals surface area contributed by atoms with Crippen molar-refractivity contribution < 1.29 is 9.59 Å². The van der Waals surface area contributed by atoms with Crippen molar-refractivity contribution in [2.75, 3.05) is 25.0 Å². The molecule has 0 atom stereocenters. The Morgan fingerprint density at radius 1 is 1.00 bits per heavy atom. The van der Waals surface area contributed by atoms with Gasteiger partial charge in [0.1, 0.15) is 5.82 Å². The fourth-order valence-electron chi connectivity index (χ4n) is 5.94. The Kier molecular flexibility index (Phi) is 8.22. The topological polar surface area (TPSA) is 90.1 Å². The minimum atomic E-state index is 0.0226. The lowest BCUT2D eigenvalue weighted by atomic mass is 9.78. The largest absolute Gasteiger partial charge is 0.354 e. The zero-order chi connectivity index (χ0) is 22.3. The molecule has 178 valence electrons. The Morgan fingerprint density at radius 3 is 2.16 bits per heavy atom. The summed E-state index contributed by atoms with van der Waals surface area (Å²) >= 11 is 0. The summed E-state index contributed by atoms with van der Waals surface area (Å²) in [6, 6.07) is 2.21. The molecule has 0 bridgehead atoms. The van der Waals surface area contributed by atoms with E-state index in [1.165, 1.54) is 64.2 Å². The summed E-state index contributed by atoms with van der Waals surface area (Å²) in [5, 5.41) is 13.4. The number of rotatable bonds is 9. The van der Waals surface area contributed by atoms with Gasteiger partial charge in [0.25, 0.3) is 0 Å². The van der Waals surface area contributed by atoms with Gasteiger partial charge in [-0.15, -0.1) is 0 Å². The summed E-state index contributed by atoms with van der Waals surface area (Å²) in [6.45, 7) is 4.15. The number of aromatic amines is 1. The first-order chi connectivity index (χ1) is 15.5. The number of nitrogens with zero attached hydrogens (tertiary/aromatic N) is 2. The van der Waals surface area contributed by atoms with Crippen LogP contribution in [0.1, 0.15) is 95.6 Å². The predicted octanol–water partition coefficient (Wildman–Crippen LogP) is 4.19. The molecule has 0 aromatic carbocycles. The van der Waals surface area contributed by atoms with Crippen molar-refractivity contribution in [3.05, 3.63) is 11.8 Å². The van der Waals surface area contributed by atoms with Crippen molar-refractivity contribution in [1.82, 2.24) is 20.4 Å². The lowest BCUT2D eigenvalue weighted by Crippen LogP contribution is -2.42. The van der Waals surface area contributed by atoms with E-state index in [1.54, 1.807) is 6.92 Å². The van der Waals surface area contributed by atoms with Crippen LogP contribution >= 0.6 is 0 Å². The van der Waals surface area contributed by atoms with Crippen LogP contribution in [0.3, 0.4) is 0 Å². The summed E-state index contributed by atoms with van der Waals surface area (Å²) in [4.78, 5) is 26.5. The SMILES string of the molecule is CC(=O)N[C@H]1C[C@@H](c2cc(NC(=O)CN(CC3CCCCC3)CC3CCCCC3)[nH]n2)C1. The van der Waals surface area contributed by atoms with Gasteiger partial charge in [-0.05, 0) is 50.4 Å². The fourth-order valence-corrected chi connectivity index (χ4v) is 5.94. The highest BCUT2D eigenvalue weighted by Crippen LogP contribution is 2.36. The van der Waals surface area contributed by atoms with Gasteiger partial charge < -0.3 is 10.6 Å². The van der Waals surface area contributed by atoms with Crippen molar-refractivity contribution >= 4 is 17.6 Å². The number of nitrogens with one attached hydrogen (secondary N) is 3. The van der Waals surface area contributed by atoms with Gasteiger partial charge in [0.05, 0.1) is 12.2 Å². The minimum Gasteiger partial charge on any atom is -0.354 e. The summed E-state index contributed by atoms with van der Waals surface area (Å²) in [5.41, 5.74) is 0.975. The number of anilines is 1. The third-order valence-corrected chi connectivity index (χ3v) is 7.68. The molecule has 1 aromatic rings. The molecule has 0 spiro atoms. The zero-order valence-corrected chi connectivity index (χ0v) is 19.7. The second-order valence-electron chi connectivity index (χ2n) is 10.5. The summed E-state index contributed by atoms with van der Waals surface area (Å²) in [5.74, 6) is 2.60. The first-order valence-electron chi connectivity index (χ1n) is 12.9. The molecule has 3 saturated carbocycles. The van der Waals surface area contributed by atoms with Crippen LogP contribution in [-0.4, -0.2) is 52.6 Å². The maximum absolute atomic E-state index is 12.9. The lowest BCUT2D eigenvalue weighted by Gasteiger charge is -2.34. The quantitative estimate of drug-likeness (QED) is 0.534. The van der Waals surface area contributed by atoms with Crippen molar-refractivity contribution in [2.45, 2.75) is 95.9 Å². The number of hydrogen-bond donors (Lipinski definition) is 3. The molecule has 0 saturated heterocycles. The number of carbonyl (C=O) groups excluding carboxylic acids is 2. The van der Waals surface area contributed by atoms with Gasteiger partial charge in [-0.2, -0.15) is 5.10 Å². The summed E-state index contributed by atoms with van der Waals surface area (Å²) < 4.78 is 0. The smallest absolute Gasteiger partial charge is 0.239 e. The van der Waals surface area contributed by atoms with Crippen molar-refractivity contribution in [2.24, 2.45) is 11.8 Å². The van der Waals surface area contributed by atoms with Gasteiger partial charge in [-0.1, -0.05) is 38.5 Å². The lowest BCUT2D eigenvalue weighted by molar-refractivity contribution is -0.120. The first kappa shape index (κ1) is 23.3. The maximum Gasteiger partial charge on any atom is 0.239 e. The normalized spacial score (nSPS) is 24.8. The second kappa shape index (κ2) is 11.3. The van der Waals surface area contributed by atoms with Gasteiger partial charge >= 0.3 is 0 Å². The van der Waals surface area contributed by atoms with E-state index in [0.29, 0.717) is 18.3 Å². The van der Waals surface area contributed by atoms with Gasteiger partial charge in [0.15, 0.2) is 0 Å². The number of carbonyl (C=O) groups is 2. The number of hydrogen-bond acceptors (Lipinski definition) is 4. The molecule has 32 heavy (non-hydrogen) atoms. The molecule has 1 aromatic heterocycles. The number of H-pyrrole nitrogens is 1. The van der Waals surface area contributed by atoms with Crippen LogP contribution in [0.2, 0.25) is 0 Å². The van der Waals surface area contributed by atoms with E-state index < -0.39 is 0 Å². The molecule has 3 N–H and O–H groups in total. The van der Waals surface area contributed by atoms with Crippen LogP contribution in [0.4, 0.5) is 5.82 Å². The van der Waals surface area contributed by atoms with Crippen LogP contribution in [0.5, 0.6) is 0 Å². The minimum absolute atomic E-state index is 0.0226. The van der Waals surface area contributed by atoms with E-state index in [1.807, 2.05) is 6.07 Å². The molecular formula is C25H41N5O2. The molecule has 2 amide bonds. The molecular weight excluding hydrogens is 402 g/mol. The number of aromatic nitrogens is 2. The van der Waals surface area contributed by atoms with Crippen LogP contribution in [0.15, 0.2) is 6.07 Å². The monoisotopic (exact) mass is 443 g/mol. The highest BCUT2D eigenvalue weighted by molar-refractivity contribution is 5.91. The Balaban J connectivity index is 1.27. The molecule has 4 rings (SSSR count). The third kappa shape index (κ3) is 6.80. The second-order valence-corrected chi connectivity index (χ2v) is 10.5. The molecule has 7 nitrogen and oxygen atoms in total. The number of amides is 2. The molecule has 3 fully saturated rings. The van der Waals surface area contributed by atoms with Crippen molar-refractivity contribution in [3.63, 3.8) is 0 Å². The van der Waals surface area contributed by atoms with Gasteiger partial charge in [0.2, 0.25) is 11.8 Å². The Morgan fingerprint density at radius 2 is 1.59 bits per heavy atom. The van der Waals surface area contributed by atoms with Crippen LogP contribution in [0.25, 0.3) is 0 Å². The van der Waals surface area contributed by atoms with E-state index in [4.69, 9.17) is 0 Å².